The molecule has 1 saturated carbocycles. The number of ether oxygens (including phenoxy) is 1. The number of hydrogen-bond acceptors (Lipinski definition) is 1. The van der Waals surface area contributed by atoms with Crippen LogP contribution in [0.15, 0.2) is 36.5 Å². The van der Waals surface area contributed by atoms with E-state index in [4.69, 9.17) is 4.74 Å². The van der Waals surface area contributed by atoms with Crippen LogP contribution >= 0.6 is 0 Å². The third-order valence-corrected chi connectivity index (χ3v) is 4.21. The van der Waals surface area contributed by atoms with E-state index in [1.807, 2.05) is 31.2 Å². The molecule has 1 nitrogen and oxygen atoms in total. The molecule has 134 valence electrons. The van der Waals surface area contributed by atoms with Crippen LogP contribution in [0.3, 0.4) is 0 Å². The summed E-state index contributed by atoms with van der Waals surface area (Å²) in [6.45, 7) is 11.7. The smallest absolute Gasteiger partial charge is 0.0711 e. The zero-order valence-electron chi connectivity index (χ0n) is 16.0. The predicted molar refractivity (Wildman–Crippen MR) is 105 cm³/mol. The van der Waals surface area contributed by atoms with E-state index in [1.165, 1.54) is 57.8 Å². The molecule has 0 amide bonds. The van der Waals surface area contributed by atoms with Gasteiger partial charge < -0.3 is 4.74 Å². The second-order valence-corrected chi connectivity index (χ2v) is 6.60. The van der Waals surface area contributed by atoms with E-state index in [-0.39, 0.29) is 0 Å². The highest BCUT2D eigenvalue weighted by atomic mass is 16.5. The van der Waals surface area contributed by atoms with Crippen LogP contribution < -0.4 is 0 Å². The van der Waals surface area contributed by atoms with Crippen molar-refractivity contribution in [2.45, 2.75) is 85.0 Å². The lowest BCUT2D eigenvalue weighted by Crippen LogP contribution is -2.05. The largest absolute Gasteiger partial charge is 0.377 e. The van der Waals surface area contributed by atoms with Gasteiger partial charge in [-0.2, -0.15) is 0 Å². The summed E-state index contributed by atoms with van der Waals surface area (Å²) in [6, 6.07) is 0. The summed E-state index contributed by atoms with van der Waals surface area (Å²) < 4.78 is 5.30. The summed E-state index contributed by atoms with van der Waals surface area (Å²) in [5.74, 6) is 1.11. The van der Waals surface area contributed by atoms with Gasteiger partial charge in [-0.25, -0.2) is 0 Å². The van der Waals surface area contributed by atoms with Crippen LogP contribution in [0, 0.1) is 5.92 Å². The molecule has 1 fully saturated rings. The summed E-state index contributed by atoms with van der Waals surface area (Å²) in [5.41, 5.74) is 1.02. The van der Waals surface area contributed by atoms with Crippen molar-refractivity contribution < 1.29 is 4.74 Å². The number of allylic oxidation sites excluding steroid dienone is 3. The van der Waals surface area contributed by atoms with Crippen molar-refractivity contribution in [1.82, 2.24) is 0 Å². The Morgan fingerprint density at radius 2 is 1.78 bits per heavy atom. The van der Waals surface area contributed by atoms with Gasteiger partial charge in [-0.15, -0.1) is 0 Å². The molecular formula is C22H40O. The van der Waals surface area contributed by atoms with Crippen molar-refractivity contribution in [3.8, 4) is 0 Å². The SMILES string of the molecule is C=C(/C=C\C=C/C)COCCC.CCCCCC1CCCCC1. The van der Waals surface area contributed by atoms with E-state index >= 15 is 0 Å². The van der Waals surface area contributed by atoms with Crippen LogP contribution in [0.1, 0.15) is 85.0 Å². The van der Waals surface area contributed by atoms with E-state index in [9.17, 15) is 0 Å². The second-order valence-electron chi connectivity index (χ2n) is 6.60. The molecule has 0 aliphatic heterocycles. The predicted octanol–water partition coefficient (Wildman–Crippen LogP) is 7.25. The molecule has 0 heterocycles. The first-order chi connectivity index (χ1) is 11.2. The fourth-order valence-electron chi connectivity index (χ4n) is 2.86. The number of unbranched alkanes of at least 4 members (excludes halogenated alkanes) is 2. The first-order valence-electron chi connectivity index (χ1n) is 9.79. The minimum atomic E-state index is 0.641. The summed E-state index contributed by atoms with van der Waals surface area (Å²) in [4.78, 5) is 0. The van der Waals surface area contributed by atoms with E-state index in [0.29, 0.717) is 6.61 Å². The Morgan fingerprint density at radius 3 is 2.39 bits per heavy atom. The Morgan fingerprint density at radius 1 is 1.04 bits per heavy atom. The van der Waals surface area contributed by atoms with Gasteiger partial charge in [-0.1, -0.05) is 103 Å². The van der Waals surface area contributed by atoms with Gasteiger partial charge in [0.25, 0.3) is 0 Å². The highest BCUT2D eigenvalue weighted by Gasteiger charge is 2.11. The fourth-order valence-corrected chi connectivity index (χ4v) is 2.86. The lowest BCUT2D eigenvalue weighted by Gasteiger charge is -2.20. The van der Waals surface area contributed by atoms with Gasteiger partial charge in [0.2, 0.25) is 0 Å². The molecule has 0 aromatic rings. The Balaban J connectivity index is 0.000000422. The maximum atomic E-state index is 5.30. The fraction of sp³-hybridized carbons (Fsp3) is 0.727. The quantitative estimate of drug-likeness (QED) is 0.304. The van der Waals surface area contributed by atoms with Crippen molar-refractivity contribution >= 4 is 0 Å². The van der Waals surface area contributed by atoms with Crippen LogP contribution in [-0.4, -0.2) is 13.2 Å². The van der Waals surface area contributed by atoms with Gasteiger partial charge >= 0.3 is 0 Å². The normalized spacial score (nSPS) is 15.8. The van der Waals surface area contributed by atoms with Crippen molar-refractivity contribution in [3.05, 3.63) is 36.5 Å². The molecule has 0 aromatic carbocycles. The van der Waals surface area contributed by atoms with Crippen molar-refractivity contribution in [2.75, 3.05) is 13.2 Å². The van der Waals surface area contributed by atoms with E-state index in [1.54, 1.807) is 0 Å². The van der Waals surface area contributed by atoms with E-state index in [2.05, 4.69) is 20.4 Å². The maximum absolute atomic E-state index is 5.30. The Kier molecular flexibility index (Phi) is 16.9. The molecule has 0 aromatic heterocycles. The molecule has 1 aliphatic rings. The molecule has 0 radical (unpaired) electrons. The van der Waals surface area contributed by atoms with Crippen molar-refractivity contribution in [1.29, 1.82) is 0 Å². The molecule has 1 heteroatoms. The van der Waals surface area contributed by atoms with Gasteiger partial charge in [-0.05, 0) is 24.8 Å². The molecule has 0 unspecified atom stereocenters. The van der Waals surface area contributed by atoms with Crippen molar-refractivity contribution in [3.63, 3.8) is 0 Å². The topological polar surface area (TPSA) is 9.23 Å². The summed E-state index contributed by atoms with van der Waals surface area (Å²) in [7, 11) is 0. The van der Waals surface area contributed by atoms with Crippen LogP contribution in [-0.2, 0) is 4.74 Å². The highest BCUT2D eigenvalue weighted by molar-refractivity contribution is 5.19. The highest BCUT2D eigenvalue weighted by Crippen LogP contribution is 2.27. The lowest BCUT2D eigenvalue weighted by molar-refractivity contribution is 0.159. The van der Waals surface area contributed by atoms with Crippen molar-refractivity contribution in [2.24, 2.45) is 5.92 Å². The third-order valence-electron chi connectivity index (χ3n) is 4.21. The van der Waals surface area contributed by atoms with Gasteiger partial charge in [0.05, 0.1) is 6.61 Å². The third kappa shape index (κ3) is 15.8. The first-order valence-corrected chi connectivity index (χ1v) is 9.79. The zero-order chi connectivity index (χ0) is 17.2. The lowest BCUT2D eigenvalue weighted by atomic mass is 9.86. The van der Waals surface area contributed by atoms with Crippen LogP contribution in [0.5, 0.6) is 0 Å². The van der Waals surface area contributed by atoms with Gasteiger partial charge in [0.15, 0.2) is 0 Å². The molecule has 1 rings (SSSR count). The maximum Gasteiger partial charge on any atom is 0.0711 e. The molecule has 0 bridgehead atoms. The molecular weight excluding hydrogens is 280 g/mol. The average Bonchev–Trinajstić information content (AvgIpc) is 2.57. The average molecular weight is 321 g/mol. The number of rotatable bonds is 10. The molecule has 23 heavy (non-hydrogen) atoms. The van der Waals surface area contributed by atoms with Crippen LogP contribution in [0.2, 0.25) is 0 Å². The van der Waals surface area contributed by atoms with Crippen LogP contribution in [0.25, 0.3) is 0 Å². The Labute approximate surface area is 145 Å². The molecule has 0 atom stereocenters. The summed E-state index contributed by atoms with van der Waals surface area (Å²) in [5, 5.41) is 0. The first kappa shape index (κ1) is 22.2. The van der Waals surface area contributed by atoms with E-state index < -0.39 is 0 Å². The van der Waals surface area contributed by atoms with Gasteiger partial charge in [-0.3, -0.25) is 0 Å². The Hall–Kier alpha value is -0.820. The van der Waals surface area contributed by atoms with E-state index in [0.717, 1.165) is 24.5 Å². The molecule has 0 N–H and O–H groups in total. The second kappa shape index (κ2) is 17.5. The Bertz CT molecular complexity index is 308. The minimum Gasteiger partial charge on any atom is -0.377 e. The molecule has 1 aliphatic carbocycles. The summed E-state index contributed by atoms with van der Waals surface area (Å²) in [6.07, 6.45) is 22.4. The summed E-state index contributed by atoms with van der Waals surface area (Å²) >= 11 is 0. The number of hydrogen-bond donors (Lipinski definition) is 0. The molecule has 0 spiro atoms. The molecule has 0 saturated heterocycles. The van der Waals surface area contributed by atoms with Gasteiger partial charge in [0.1, 0.15) is 0 Å². The van der Waals surface area contributed by atoms with Crippen LogP contribution in [0.4, 0.5) is 0 Å². The standard InChI is InChI=1S/C11H18O.C11H22/c1-4-6-7-8-11(3)10-12-9-5-2;1-2-3-5-8-11-9-6-4-7-10-11/h4,6-8H,3,5,9-10H2,1-2H3;11H,2-10H2,1H3/b6-4-,8-7-;. The zero-order valence-corrected chi connectivity index (χ0v) is 16.0. The monoisotopic (exact) mass is 320 g/mol. The van der Waals surface area contributed by atoms with Gasteiger partial charge in [0, 0.05) is 6.61 Å². The minimum absolute atomic E-state index is 0.641.